The van der Waals surface area contributed by atoms with Crippen LogP contribution < -0.4 is 10.1 Å². The third kappa shape index (κ3) is 3.61. The minimum atomic E-state index is 0.252. The van der Waals surface area contributed by atoms with E-state index < -0.39 is 0 Å². The van der Waals surface area contributed by atoms with Gasteiger partial charge in [-0.3, -0.25) is 0 Å². The average molecular weight is 245 g/mol. The number of aryl methyl sites for hydroxylation is 1. The molecule has 0 saturated heterocycles. The second kappa shape index (κ2) is 6.60. The molecular formula is C16H23NO. The normalized spacial score (nSPS) is 18.9. The molecule has 0 saturated carbocycles. The Bertz CT molecular complexity index is 412. The topological polar surface area (TPSA) is 21.3 Å². The Morgan fingerprint density at radius 2 is 2.28 bits per heavy atom. The van der Waals surface area contributed by atoms with Crippen molar-refractivity contribution in [1.82, 2.24) is 5.32 Å². The van der Waals surface area contributed by atoms with Crippen molar-refractivity contribution in [3.05, 3.63) is 41.5 Å². The van der Waals surface area contributed by atoms with Gasteiger partial charge in [0.25, 0.3) is 0 Å². The standard InChI is InChI=1S/C16H23NO/c1-3-17-12-14-11-13(2)9-10-16(14)18-15-7-5-4-6-8-15/h5,7,9-11,15,17H,3-4,6,8,12H2,1-2H3. The summed E-state index contributed by atoms with van der Waals surface area (Å²) >= 11 is 0. The number of nitrogens with one attached hydrogen (secondary N) is 1. The van der Waals surface area contributed by atoms with E-state index in [1.165, 1.54) is 24.0 Å². The first-order valence-electron chi connectivity index (χ1n) is 6.93. The van der Waals surface area contributed by atoms with E-state index in [2.05, 4.69) is 49.5 Å². The summed E-state index contributed by atoms with van der Waals surface area (Å²) in [5, 5.41) is 3.37. The Morgan fingerprint density at radius 3 is 3.00 bits per heavy atom. The molecule has 1 aromatic carbocycles. The van der Waals surface area contributed by atoms with Crippen LogP contribution >= 0.6 is 0 Å². The molecule has 1 atom stereocenters. The third-order valence-electron chi connectivity index (χ3n) is 3.27. The molecule has 0 heterocycles. The highest BCUT2D eigenvalue weighted by Crippen LogP contribution is 2.24. The van der Waals surface area contributed by atoms with Crippen molar-refractivity contribution in [2.45, 2.75) is 45.8 Å². The Balaban J connectivity index is 2.09. The van der Waals surface area contributed by atoms with Crippen LogP contribution in [-0.2, 0) is 6.54 Å². The van der Waals surface area contributed by atoms with Crippen LogP contribution in [-0.4, -0.2) is 12.6 Å². The molecule has 1 unspecified atom stereocenters. The Morgan fingerprint density at radius 1 is 1.39 bits per heavy atom. The number of hydrogen-bond acceptors (Lipinski definition) is 2. The van der Waals surface area contributed by atoms with Crippen molar-refractivity contribution in [2.75, 3.05) is 6.54 Å². The van der Waals surface area contributed by atoms with Gasteiger partial charge in [-0.2, -0.15) is 0 Å². The molecule has 0 amide bonds. The molecule has 0 radical (unpaired) electrons. The minimum absolute atomic E-state index is 0.252. The quantitative estimate of drug-likeness (QED) is 0.800. The predicted molar refractivity (Wildman–Crippen MR) is 76.0 cm³/mol. The second-order valence-electron chi connectivity index (χ2n) is 4.91. The molecule has 1 aliphatic rings. The van der Waals surface area contributed by atoms with Crippen LogP contribution in [0.15, 0.2) is 30.4 Å². The van der Waals surface area contributed by atoms with Gasteiger partial charge >= 0.3 is 0 Å². The molecule has 2 heteroatoms. The van der Waals surface area contributed by atoms with Crippen LogP contribution in [0.25, 0.3) is 0 Å². The number of benzene rings is 1. The van der Waals surface area contributed by atoms with Gasteiger partial charge in [-0.25, -0.2) is 0 Å². The van der Waals surface area contributed by atoms with Gasteiger partial charge in [-0.1, -0.05) is 30.7 Å². The highest BCUT2D eigenvalue weighted by Gasteiger charge is 2.12. The zero-order chi connectivity index (χ0) is 12.8. The summed E-state index contributed by atoms with van der Waals surface area (Å²) in [7, 11) is 0. The predicted octanol–water partition coefficient (Wildman–Crippen LogP) is 3.59. The molecule has 0 bridgehead atoms. The van der Waals surface area contributed by atoms with Crippen LogP contribution in [0, 0.1) is 6.92 Å². The fourth-order valence-electron chi connectivity index (χ4n) is 2.26. The fourth-order valence-corrected chi connectivity index (χ4v) is 2.26. The van der Waals surface area contributed by atoms with Gasteiger partial charge in [-0.15, -0.1) is 0 Å². The molecular weight excluding hydrogens is 222 g/mol. The van der Waals surface area contributed by atoms with Crippen LogP contribution in [0.4, 0.5) is 0 Å². The smallest absolute Gasteiger partial charge is 0.124 e. The lowest BCUT2D eigenvalue weighted by molar-refractivity contribution is 0.227. The van der Waals surface area contributed by atoms with Crippen molar-refractivity contribution in [2.24, 2.45) is 0 Å². The van der Waals surface area contributed by atoms with E-state index in [0.29, 0.717) is 0 Å². The first-order chi connectivity index (χ1) is 8.79. The lowest BCUT2D eigenvalue weighted by Gasteiger charge is -2.21. The van der Waals surface area contributed by atoms with Crippen molar-refractivity contribution in [3.63, 3.8) is 0 Å². The van der Waals surface area contributed by atoms with Crippen LogP contribution in [0.5, 0.6) is 5.75 Å². The molecule has 0 spiro atoms. The largest absolute Gasteiger partial charge is 0.486 e. The summed E-state index contributed by atoms with van der Waals surface area (Å²) in [6.45, 7) is 6.11. The van der Waals surface area contributed by atoms with Crippen LogP contribution in [0.3, 0.4) is 0 Å². The maximum Gasteiger partial charge on any atom is 0.124 e. The molecule has 1 N–H and O–H groups in total. The van der Waals surface area contributed by atoms with Gasteiger partial charge in [0.1, 0.15) is 11.9 Å². The van der Waals surface area contributed by atoms with Crippen molar-refractivity contribution in [3.8, 4) is 5.75 Å². The van der Waals surface area contributed by atoms with Crippen molar-refractivity contribution < 1.29 is 4.74 Å². The van der Waals surface area contributed by atoms with E-state index in [0.717, 1.165) is 25.3 Å². The van der Waals surface area contributed by atoms with E-state index >= 15 is 0 Å². The molecule has 1 aromatic rings. The van der Waals surface area contributed by atoms with E-state index in [4.69, 9.17) is 4.74 Å². The number of rotatable bonds is 5. The van der Waals surface area contributed by atoms with Gasteiger partial charge in [-0.05, 0) is 44.9 Å². The molecule has 98 valence electrons. The summed E-state index contributed by atoms with van der Waals surface area (Å²) in [5.41, 5.74) is 2.55. The molecule has 0 aliphatic heterocycles. The maximum atomic E-state index is 6.11. The van der Waals surface area contributed by atoms with Gasteiger partial charge in [0.15, 0.2) is 0 Å². The van der Waals surface area contributed by atoms with E-state index in [1.807, 2.05) is 0 Å². The summed E-state index contributed by atoms with van der Waals surface area (Å²) in [4.78, 5) is 0. The van der Waals surface area contributed by atoms with E-state index in [9.17, 15) is 0 Å². The SMILES string of the molecule is CCNCc1cc(C)ccc1OC1C=CCCC1. The zero-order valence-corrected chi connectivity index (χ0v) is 11.4. The monoisotopic (exact) mass is 245 g/mol. The minimum Gasteiger partial charge on any atom is -0.486 e. The first kappa shape index (κ1) is 13.2. The van der Waals surface area contributed by atoms with Crippen molar-refractivity contribution >= 4 is 0 Å². The molecule has 0 fully saturated rings. The molecule has 2 nitrogen and oxygen atoms in total. The number of hydrogen-bond donors (Lipinski definition) is 1. The lowest BCUT2D eigenvalue weighted by Crippen LogP contribution is -2.18. The molecule has 1 aliphatic carbocycles. The lowest BCUT2D eigenvalue weighted by atomic mass is 10.0. The van der Waals surface area contributed by atoms with Crippen molar-refractivity contribution in [1.29, 1.82) is 0 Å². The summed E-state index contributed by atoms with van der Waals surface area (Å²) in [6.07, 6.45) is 8.23. The number of ether oxygens (including phenoxy) is 1. The number of allylic oxidation sites excluding steroid dienone is 1. The Labute approximate surface area is 110 Å². The Kier molecular flexibility index (Phi) is 4.82. The first-order valence-corrected chi connectivity index (χ1v) is 6.93. The fraction of sp³-hybridized carbons (Fsp3) is 0.500. The maximum absolute atomic E-state index is 6.11. The summed E-state index contributed by atoms with van der Waals surface area (Å²) < 4.78 is 6.11. The summed E-state index contributed by atoms with van der Waals surface area (Å²) in [5.74, 6) is 1.03. The second-order valence-corrected chi connectivity index (χ2v) is 4.91. The van der Waals surface area contributed by atoms with Gasteiger partial charge < -0.3 is 10.1 Å². The highest BCUT2D eigenvalue weighted by atomic mass is 16.5. The summed E-state index contributed by atoms with van der Waals surface area (Å²) in [6, 6.07) is 6.44. The zero-order valence-electron chi connectivity index (χ0n) is 11.4. The van der Waals surface area contributed by atoms with Gasteiger partial charge in [0.2, 0.25) is 0 Å². The third-order valence-corrected chi connectivity index (χ3v) is 3.27. The van der Waals surface area contributed by atoms with Gasteiger partial charge in [0.05, 0.1) is 0 Å². The van der Waals surface area contributed by atoms with Crippen LogP contribution in [0.1, 0.15) is 37.3 Å². The molecule has 2 rings (SSSR count). The Hall–Kier alpha value is -1.28. The average Bonchev–Trinajstić information content (AvgIpc) is 2.40. The molecule has 18 heavy (non-hydrogen) atoms. The highest BCUT2D eigenvalue weighted by molar-refractivity contribution is 5.37. The van der Waals surface area contributed by atoms with Gasteiger partial charge in [0, 0.05) is 12.1 Å². The van der Waals surface area contributed by atoms with E-state index in [1.54, 1.807) is 0 Å². The molecule has 0 aromatic heterocycles. The van der Waals surface area contributed by atoms with Crippen LogP contribution in [0.2, 0.25) is 0 Å². The van der Waals surface area contributed by atoms with E-state index in [-0.39, 0.29) is 6.10 Å².